The second-order valence-electron chi connectivity index (χ2n) is 6.44. The van der Waals surface area contributed by atoms with Gasteiger partial charge in [-0.15, -0.1) is 4.40 Å². The molecule has 0 saturated carbocycles. The van der Waals surface area contributed by atoms with Crippen LogP contribution >= 0.6 is 22.6 Å². The van der Waals surface area contributed by atoms with E-state index in [4.69, 9.17) is 4.42 Å². The maximum absolute atomic E-state index is 12.8. The fraction of sp³-hybridized carbons (Fsp3) is 0.150. The van der Waals surface area contributed by atoms with Gasteiger partial charge in [0.2, 0.25) is 5.89 Å². The van der Waals surface area contributed by atoms with E-state index in [-0.39, 0.29) is 28.9 Å². The summed E-state index contributed by atoms with van der Waals surface area (Å²) in [6, 6.07) is 14.2. The Labute approximate surface area is 181 Å². The number of oxazole rings is 1. The third-order valence-corrected chi connectivity index (χ3v) is 6.90. The Morgan fingerprint density at radius 1 is 1.14 bits per heavy atom. The normalized spacial score (nSPS) is 15.7. The molecule has 3 aromatic rings. The summed E-state index contributed by atoms with van der Waals surface area (Å²) in [6.45, 7) is 0. The van der Waals surface area contributed by atoms with Crippen LogP contribution in [0, 0.1) is 3.57 Å². The zero-order chi connectivity index (χ0) is 20.4. The van der Waals surface area contributed by atoms with Crippen LogP contribution < -0.4 is 5.32 Å². The van der Waals surface area contributed by atoms with Gasteiger partial charge in [-0.1, -0.05) is 30.3 Å². The molecule has 1 atom stereocenters. The molecule has 0 aliphatic carbocycles. The van der Waals surface area contributed by atoms with Gasteiger partial charge in [-0.3, -0.25) is 4.79 Å². The highest BCUT2D eigenvalue weighted by Crippen LogP contribution is 2.32. The number of hydrogen-bond donors (Lipinski definition) is 1. The SMILES string of the molecule is O=C(CCC(c1ncco1)c1ccccc1I)C1=NS(=O)(=O)c2ccccc2N1. The Kier molecular flexibility index (Phi) is 5.50. The molecule has 2 aromatic carbocycles. The van der Waals surface area contributed by atoms with Crippen molar-refractivity contribution in [3.05, 3.63) is 76.0 Å². The number of Topliss-reactive ketones (excluding diaryl/α,β-unsaturated/α-hetero) is 1. The van der Waals surface area contributed by atoms with Gasteiger partial charge in [0.25, 0.3) is 10.0 Å². The summed E-state index contributed by atoms with van der Waals surface area (Å²) in [5.41, 5.74) is 1.35. The predicted octanol–water partition coefficient (Wildman–Crippen LogP) is 3.97. The third-order valence-electron chi connectivity index (χ3n) is 4.58. The number of halogens is 1. The average Bonchev–Trinajstić information content (AvgIpc) is 3.23. The van der Waals surface area contributed by atoms with E-state index in [0.29, 0.717) is 18.0 Å². The number of amidine groups is 1. The Hall–Kier alpha value is -2.53. The molecular weight excluding hydrogens is 505 g/mol. The van der Waals surface area contributed by atoms with E-state index in [2.05, 4.69) is 37.3 Å². The Balaban J connectivity index is 1.57. The van der Waals surface area contributed by atoms with Crippen molar-refractivity contribution in [3.63, 3.8) is 0 Å². The summed E-state index contributed by atoms with van der Waals surface area (Å²) in [5.74, 6) is -0.267. The van der Waals surface area contributed by atoms with Gasteiger partial charge in [0, 0.05) is 9.99 Å². The number of benzene rings is 2. The summed E-state index contributed by atoms with van der Waals surface area (Å²) < 4.78 is 34.9. The van der Waals surface area contributed by atoms with Gasteiger partial charge in [0.15, 0.2) is 11.6 Å². The van der Waals surface area contributed by atoms with Crippen molar-refractivity contribution in [1.29, 1.82) is 0 Å². The molecule has 29 heavy (non-hydrogen) atoms. The lowest BCUT2D eigenvalue weighted by Gasteiger charge is -2.18. The molecule has 1 unspecified atom stereocenters. The molecule has 2 heterocycles. The number of carbonyl (C=O) groups excluding carboxylic acids is 1. The number of anilines is 1. The van der Waals surface area contributed by atoms with Crippen LogP contribution in [0.25, 0.3) is 0 Å². The molecular formula is C20H16IN3O4S. The lowest BCUT2D eigenvalue weighted by Crippen LogP contribution is -2.29. The van der Waals surface area contributed by atoms with Crippen molar-refractivity contribution in [3.8, 4) is 0 Å². The number of para-hydroxylation sites is 1. The van der Waals surface area contributed by atoms with Crippen molar-refractivity contribution in [1.82, 2.24) is 4.98 Å². The lowest BCUT2D eigenvalue weighted by molar-refractivity contribution is -0.113. The molecule has 1 aliphatic rings. The highest BCUT2D eigenvalue weighted by molar-refractivity contribution is 14.1. The first-order valence-electron chi connectivity index (χ1n) is 8.84. The Morgan fingerprint density at radius 3 is 2.66 bits per heavy atom. The Morgan fingerprint density at radius 2 is 1.90 bits per heavy atom. The molecule has 4 rings (SSSR count). The van der Waals surface area contributed by atoms with Gasteiger partial charge in [-0.25, -0.2) is 4.98 Å². The maximum Gasteiger partial charge on any atom is 0.286 e. The standard InChI is InChI=1S/C20H16IN3O4S/c21-15-6-2-1-5-13(15)14(20-22-11-12-28-20)9-10-17(25)19-23-16-7-3-4-8-18(16)29(26,27)24-19/h1-8,11-12,14H,9-10H2,(H,23,24). The smallest absolute Gasteiger partial charge is 0.286 e. The van der Waals surface area contributed by atoms with Crippen molar-refractivity contribution >= 4 is 49.9 Å². The minimum absolute atomic E-state index is 0.0630. The van der Waals surface area contributed by atoms with Crippen LogP contribution in [0.15, 0.2) is 74.7 Å². The highest BCUT2D eigenvalue weighted by Gasteiger charge is 2.29. The molecule has 0 fully saturated rings. The number of hydrogen-bond acceptors (Lipinski definition) is 6. The number of nitrogens with zero attached hydrogens (tertiary/aromatic N) is 2. The number of nitrogens with one attached hydrogen (secondary N) is 1. The molecule has 0 spiro atoms. The van der Waals surface area contributed by atoms with E-state index < -0.39 is 10.0 Å². The van der Waals surface area contributed by atoms with Gasteiger partial charge in [-0.2, -0.15) is 8.42 Å². The number of aromatic nitrogens is 1. The van der Waals surface area contributed by atoms with E-state index in [0.717, 1.165) is 9.13 Å². The monoisotopic (exact) mass is 521 g/mol. The quantitative estimate of drug-likeness (QED) is 0.493. The lowest BCUT2D eigenvalue weighted by atomic mass is 9.93. The molecule has 0 saturated heterocycles. The third kappa shape index (κ3) is 4.10. The molecule has 7 nitrogen and oxygen atoms in total. The fourth-order valence-corrected chi connectivity index (χ4v) is 5.10. The number of rotatable bonds is 6. The van der Waals surface area contributed by atoms with Crippen LogP contribution in [0.2, 0.25) is 0 Å². The van der Waals surface area contributed by atoms with Gasteiger partial charge in [0.1, 0.15) is 11.2 Å². The molecule has 0 amide bonds. The summed E-state index contributed by atoms with van der Waals surface area (Å²) in [4.78, 5) is 17.1. The summed E-state index contributed by atoms with van der Waals surface area (Å²) >= 11 is 2.24. The Bertz CT molecular complexity index is 1190. The predicted molar refractivity (Wildman–Crippen MR) is 116 cm³/mol. The van der Waals surface area contributed by atoms with Crippen molar-refractivity contribution in [2.45, 2.75) is 23.7 Å². The summed E-state index contributed by atoms with van der Waals surface area (Å²) in [7, 11) is -3.90. The molecule has 0 radical (unpaired) electrons. The second kappa shape index (κ2) is 8.07. The van der Waals surface area contributed by atoms with Gasteiger partial charge in [-0.05, 0) is 52.8 Å². The van der Waals surface area contributed by atoms with E-state index in [1.165, 1.54) is 12.3 Å². The fourth-order valence-electron chi connectivity index (χ4n) is 3.21. The first-order valence-corrected chi connectivity index (χ1v) is 11.4. The number of carbonyl (C=O) groups is 1. The molecule has 1 N–H and O–H groups in total. The maximum atomic E-state index is 12.8. The average molecular weight is 521 g/mol. The highest BCUT2D eigenvalue weighted by atomic mass is 127. The van der Waals surface area contributed by atoms with Crippen LogP contribution in [0.4, 0.5) is 5.69 Å². The minimum atomic E-state index is -3.90. The number of sulfonamides is 1. The van der Waals surface area contributed by atoms with Crippen LogP contribution in [0.5, 0.6) is 0 Å². The molecule has 1 aliphatic heterocycles. The van der Waals surface area contributed by atoms with Gasteiger partial charge >= 0.3 is 0 Å². The van der Waals surface area contributed by atoms with Crippen molar-refractivity contribution in [2.24, 2.45) is 4.40 Å². The summed E-state index contributed by atoms with van der Waals surface area (Å²) in [6.07, 6.45) is 3.55. The van der Waals surface area contributed by atoms with Crippen molar-refractivity contribution in [2.75, 3.05) is 5.32 Å². The van der Waals surface area contributed by atoms with E-state index in [1.54, 1.807) is 24.4 Å². The first-order chi connectivity index (χ1) is 14.0. The van der Waals surface area contributed by atoms with E-state index in [9.17, 15) is 13.2 Å². The summed E-state index contributed by atoms with van der Waals surface area (Å²) in [5, 5.41) is 2.84. The zero-order valence-corrected chi connectivity index (χ0v) is 18.1. The minimum Gasteiger partial charge on any atom is -0.448 e. The largest absolute Gasteiger partial charge is 0.448 e. The zero-order valence-electron chi connectivity index (χ0n) is 15.1. The van der Waals surface area contributed by atoms with Gasteiger partial charge in [0.05, 0.1) is 17.8 Å². The molecule has 9 heteroatoms. The van der Waals surface area contributed by atoms with Crippen LogP contribution in [0.3, 0.4) is 0 Å². The molecule has 1 aromatic heterocycles. The molecule has 148 valence electrons. The van der Waals surface area contributed by atoms with Gasteiger partial charge < -0.3 is 9.73 Å². The second-order valence-corrected chi connectivity index (χ2v) is 9.18. The van der Waals surface area contributed by atoms with Crippen LogP contribution in [-0.2, 0) is 14.8 Å². The first kappa shape index (κ1) is 19.8. The van der Waals surface area contributed by atoms with E-state index in [1.807, 2.05) is 24.3 Å². The molecule has 0 bridgehead atoms. The topological polar surface area (TPSA) is 102 Å². The number of ketones is 1. The van der Waals surface area contributed by atoms with E-state index >= 15 is 0 Å². The number of fused-ring (bicyclic) bond motifs is 1. The van der Waals surface area contributed by atoms with Crippen LogP contribution in [0.1, 0.15) is 30.2 Å². The van der Waals surface area contributed by atoms with Crippen LogP contribution in [-0.4, -0.2) is 25.0 Å². The van der Waals surface area contributed by atoms with Crippen molar-refractivity contribution < 1.29 is 17.6 Å².